The number of carbonyl (C=O) groups excluding carboxylic acids is 1. The van der Waals surface area contributed by atoms with Crippen LogP contribution < -0.4 is 4.74 Å². The minimum absolute atomic E-state index is 0.157. The minimum Gasteiger partial charge on any atom is -0.491 e. The number of halogens is 1. The second-order valence-corrected chi connectivity index (χ2v) is 10.1. The largest absolute Gasteiger partial charge is 0.491 e. The molecule has 0 spiro atoms. The van der Waals surface area contributed by atoms with Gasteiger partial charge in [-0.05, 0) is 81.4 Å². The quantitative estimate of drug-likeness (QED) is 0.500. The highest BCUT2D eigenvalue weighted by atomic mass is 35.5. The van der Waals surface area contributed by atoms with E-state index in [-0.39, 0.29) is 12.2 Å². The molecule has 2 aromatic rings. The molecule has 0 bridgehead atoms. The number of cyclic esters (lactones) is 1. The Labute approximate surface area is 202 Å². The van der Waals surface area contributed by atoms with Crippen molar-refractivity contribution in [2.45, 2.75) is 45.8 Å². The summed E-state index contributed by atoms with van der Waals surface area (Å²) < 4.78 is 11.4. The summed E-state index contributed by atoms with van der Waals surface area (Å²) in [5.41, 5.74) is 2.32. The molecule has 2 aliphatic rings. The van der Waals surface area contributed by atoms with Crippen molar-refractivity contribution < 1.29 is 14.3 Å². The standard InChI is InChI=1S/C27H35ClN2O3/c1-20(2)33-25-8-9-26(28)24(15-25)14-21-10-12-29(13-11-21)16-23-18-30(27(31)32-19-23)17-22-6-4-3-5-7-22/h3-9,15,20-21,23H,10-14,16-19H2,1-2H3. The van der Waals surface area contributed by atoms with Gasteiger partial charge in [-0.1, -0.05) is 41.9 Å². The summed E-state index contributed by atoms with van der Waals surface area (Å²) in [5, 5.41) is 0.830. The number of piperidine rings is 1. The van der Waals surface area contributed by atoms with E-state index in [2.05, 4.69) is 23.1 Å². The molecular formula is C27H35ClN2O3. The number of hydrogen-bond donors (Lipinski definition) is 0. The maximum Gasteiger partial charge on any atom is 0.410 e. The molecule has 1 amide bonds. The molecule has 0 aliphatic carbocycles. The molecule has 0 saturated carbocycles. The zero-order chi connectivity index (χ0) is 23.2. The van der Waals surface area contributed by atoms with E-state index in [0.29, 0.717) is 25.0 Å². The lowest BCUT2D eigenvalue weighted by Crippen LogP contribution is -2.47. The summed E-state index contributed by atoms with van der Waals surface area (Å²) in [5.74, 6) is 1.88. The lowest BCUT2D eigenvalue weighted by Gasteiger charge is -2.38. The second-order valence-electron chi connectivity index (χ2n) is 9.68. The highest BCUT2D eigenvalue weighted by molar-refractivity contribution is 6.31. The zero-order valence-electron chi connectivity index (χ0n) is 19.7. The fourth-order valence-electron chi connectivity index (χ4n) is 4.86. The van der Waals surface area contributed by atoms with Crippen LogP contribution >= 0.6 is 11.6 Å². The van der Waals surface area contributed by atoms with Crippen molar-refractivity contribution in [3.8, 4) is 5.75 Å². The molecule has 2 aliphatic heterocycles. The molecule has 2 fully saturated rings. The van der Waals surface area contributed by atoms with Crippen LogP contribution in [0.25, 0.3) is 0 Å². The van der Waals surface area contributed by atoms with Gasteiger partial charge in [0.1, 0.15) is 5.75 Å². The van der Waals surface area contributed by atoms with Crippen LogP contribution in [0.5, 0.6) is 5.75 Å². The van der Waals surface area contributed by atoms with E-state index >= 15 is 0 Å². The average molecular weight is 471 g/mol. The van der Waals surface area contributed by atoms with Crippen molar-refractivity contribution in [2.75, 3.05) is 32.8 Å². The third-order valence-electron chi connectivity index (χ3n) is 6.52. The van der Waals surface area contributed by atoms with Crippen LogP contribution in [0.15, 0.2) is 48.5 Å². The molecule has 2 saturated heterocycles. The molecule has 1 atom stereocenters. The van der Waals surface area contributed by atoms with Crippen molar-refractivity contribution in [3.05, 3.63) is 64.7 Å². The van der Waals surface area contributed by atoms with E-state index < -0.39 is 0 Å². The number of carbonyl (C=O) groups is 1. The summed E-state index contributed by atoms with van der Waals surface area (Å²) in [6.45, 7) is 9.09. The Hall–Kier alpha value is -2.24. The van der Waals surface area contributed by atoms with Gasteiger partial charge in [0.15, 0.2) is 0 Å². The number of ether oxygens (including phenoxy) is 2. The van der Waals surface area contributed by atoms with Gasteiger partial charge >= 0.3 is 6.09 Å². The van der Waals surface area contributed by atoms with E-state index in [4.69, 9.17) is 21.1 Å². The van der Waals surface area contributed by atoms with E-state index in [1.165, 1.54) is 5.56 Å². The molecule has 2 heterocycles. The third-order valence-corrected chi connectivity index (χ3v) is 6.89. The SMILES string of the molecule is CC(C)Oc1ccc(Cl)c(CC2CCN(CC3COC(=O)N(Cc4ccccc4)C3)CC2)c1. The van der Waals surface area contributed by atoms with E-state index in [1.54, 1.807) is 0 Å². The maximum atomic E-state index is 12.2. The highest BCUT2D eigenvalue weighted by Crippen LogP contribution is 2.29. The molecule has 178 valence electrons. The van der Waals surface area contributed by atoms with Crippen molar-refractivity contribution in [1.29, 1.82) is 0 Å². The molecular weight excluding hydrogens is 436 g/mol. The average Bonchev–Trinajstić information content (AvgIpc) is 2.80. The van der Waals surface area contributed by atoms with E-state index in [9.17, 15) is 4.79 Å². The lowest BCUT2D eigenvalue weighted by atomic mass is 9.89. The molecule has 33 heavy (non-hydrogen) atoms. The van der Waals surface area contributed by atoms with E-state index in [0.717, 1.165) is 61.8 Å². The van der Waals surface area contributed by atoms with Crippen LogP contribution in [0, 0.1) is 11.8 Å². The van der Waals surface area contributed by atoms with Gasteiger partial charge in [-0.2, -0.15) is 0 Å². The maximum absolute atomic E-state index is 12.2. The number of hydrogen-bond acceptors (Lipinski definition) is 4. The Morgan fingerprint density at radius 3 is 2.58 bits per heavy atom. The first-order chi connectivity index (χ1) is 16.0. The molecule has 0 N–H and O–H groups in total. The lowest BCUT2D eigenvalue weighted by molar-refractivity contribution is 0.0242. The Kier molecular flexibility index (Phi) is 8.15. The Morgan fingerprint density at radius 2 is 1.85 bits per heavy atom. The number of benzene rings is 2. The summed E-state index contributed by atoms with van der Waals surface area (Å²) >= 11 is 6.48. The van der Waals surface area contributed by atoms with Crippen molar-refractivity contribution in [1.82, 2.24) is 9.80 Å². The fraction of sp³-hybridized carbons (Fsp3) is 0.519. The topological polar surface area (TPSA) is 42.0 Å². The Bertz CT molecular complexity index is 913. The summed E-state index contributed by atoms with van der Waals surface area (Å²) in [6, 6.07) is 16.1. The van der Waals surface area contributed by atoms with E-state index in [1.807, 2.05) is 49.1 Å². The first-order valence-corrected chi connectivity index (χ1v) is 12.5. The van der Waals surface area contributed by atoms with Gasteiger partial charge in [0.2, 0.25) is 0 Å². The number of rotatable bonds is 8. The molecule has 2 aromatic carbocycles. The smallest absolute Gasteiger partial charge is 0.410 e. The van der Waals surface area contributed by atoms with Crippen LogP contribution in [0.2, 0.25) is 5.02 Å². The Morgan fingerprint density at radius 1 is 1.09 bits per heavy atom. The monoisotopic (exact) mass is 470 g/mol. The predicted molar refractivity (Wildman–Crippen MR) is 132 cm³/mol. The molecule has 1 unspecified atom stereocenters. The minimum atomic E-state index is -0.200. The van der Waals surface area contributed by atoms with Crippen LogP contribution in [-0.2, 0) is 17.7 Å². The molecule has 4 rings (SSSR count). The summed E-state index contributed by atoms with van der Waals surface area (Å²) in [6.07, 6.45) is 3.27. The second kappa shape index (κ2) is 11.3. The first-order valence-electron chi connectivity index (χ1n) is 12.1. The van der Waals surface area contributed by atoms with Gasteiger partial charge < -0.3 is 19.3 Å². The van der Waals surface area contributed by atoms with Crippen molar-refractivity contribution in [3.63, 3.8) is 0 Å². The predicted octanol–water partition coefficient (Wildman–Crippen LogP) is 5.65. The molecule has 6 heteroatoms. The van der Waals surface area contributed by atoms with Gasteiger partial charge in [0.25, 0.3) is 0 Å². The van der Waals surface area contributed by atoms with Gasteiger partial charge in [-0.25, -0.2) is 4.79 Å². The number of likely N-dealkylation sites (tertiary alicyclic amines) is 1. The summed E-state index contributed by atoms with van der Waals surface area (Å²) in [4.78, 5) is 16.6. The van der Waals surface area contributed by atoms with Gasteiger partial charge in [-0.15, -0.1) is 0 Å². The van der Waals surface area contributed by atoms with Crippen LogP contribution in [0.4, 0.5) is 4.79 Å². The molecule has 5 nitrogen and oxygen atoms in total. The summed E-state index contributed by atoms with van der Waals surface area (Å²) in [7, 11) is 0. The van der Waals surface area contributed by atoms with Crippen LogP contribution in [0.3, 0.4) is 0 Å². The van der Waals surface area contributed by atoms with Crippen LogP contribution in [-0.4, -0.2) is 54.8 Å². The number of nitrogens with zero attached hydrogens (tertiary/aromatic N) is 2. The highest BCUT2D eigenvalue weighted by Gasteiger charge is 2.30. The van der Waals surface area contributed by atoms with Crippen molar-refractivity contribution >= 4 is 17.7 Å². The van der Waals surface area contributed by atoms with Crippen LogP contribution in [0.1, 0.15) is 37.8 Å². The fourth-order valence-corrected chi connectivity index (χ4v) is 5.06. The van der Waals surface area contributed by atoms with Gasteiger partial charge in [0.05, 0.1) is 12.7 Å². The van der Waals surface area contributed by atoms with Crippen molar-refractivity contribution in [2.24, 2.45) is 11.8 Å². The molecule has 0 radical (unpaired) electrons. The number of amides is 1. The normalized spacial score (nSPS) is 20.2. The first kappa shape index (κ1) is 23.9. The zero-order valence-corrected chi connectivity index (χ0v) is 20.5. The third kappa shape index (κ3) is 6.87. The van der Waals surface area contributed by atoms with Gasteiger partial charge in [-0.3, -0.25) is 0 Å². The molecule has 0 aromatic heterocycles. The van der Waals surface area contributed by atoms with Gasteiger partial charge in [0, 0.05) is 30.6 Å². The Balaban J connectivity index is 1.25.